The third-order valence-electron chi connectivity index (χ3n) is 4.49. The number of nitrogens with one attached hydrogen (secondary N) is 1. The molecular weight excluding hydrogens is 450 g/mol. The van der Waals surface area contributed by atoms with Gasteiger partial charge in [-0.3, -0.25) is 14.9 Å². The van der Waals surface area contributed by atoms with Gasteiger partial charge in [-0.15, -0.1) is 0 Å². The van der Waals surface area contributed by atoms with Crippen molar-refractivity contribution in [1.29, 1.82) is 0 Å². The second-order valence-electron chi connectivity index (χ2n) is 6.74. The molecule has 2 aromatic rings. The highest BCUT2D eigenvalue weighted by Gasteiger charge is 2.26. The normalized spacial score (nSPS) is 15.4. The van der Waals surface area contributed by atoms with Gasteiger partial charge in [-0.2, -0.15) is 4.31 Å². The van der Waals surface area contributed by atoms with E-state index in [9.17, 15) is 31.7 Å². The van der Waals surface area contributed by atoms with Crippen LogP contribution in [0.5, 0.6) is 0 Å². The first-order valence-corrected chi connectivity index (χ1v) is 12.3. The van der Waals surface area contributed by atoms with E-state index in [1.54, 1.807) is 0 Å². The predicted molar refractivity (Wildman–Crippen MR) is 110 cm³/mol. The van der Waals surface area contributed by atoms with Gasteiger partial charge in [-0.05, 0) is 24.3 Å². The molecule has 0 saturated carbocycles. The average molecular weight is 469 g/mol. The molecule has 0 radical (unpaired) electrons. The van der Waals surface area contributed by atoms with Crippen molar-refractivity contribution in [3.05, 3.63) is 58.1 Å². The average Bonchev–Trinajstić information content (AvgIpc) is 2.73. The summed E-state index contributed by atoms with van der Waals surface area (Å²) in [6.45, 7) is 0.984. The molecule has 1 N–H and O–H groups in total. The van der Waals surface area contributed by atoms with Gasteiger partial charge in [0, 0.05) is 42.7 Å². The number of ether oxygens (including phenoxy) is 1. The molecule has 31 heavy (non-hydrogen) atoms. The van der Waals surface area contributed by atoms with Crippen LogP contribution in [0.1, 0.15) is 10.4 Å². The first-order chi connectivity index (χ1) is 14.5. The van der Waals surface area contributed by atoms with Gasteiger partial charge in [0.05, 0.1) is 27.9 Å². The predicted octanol–water partition coefficient (Wildman–Crippen LogP) is 1.27. The number of amides is 1. The third kappa shape index (κ3) is 5.25. The number of hydrogen-bond acceptors (Lipinski definition) is 8. The van der Waals surface area contributed by atoms with Crippen molar-refractivity contribution in [2.45, 2.75) is 9.79 Å². The van der Waals surface area contributed by atoms with Crippen molar-refractivity contribution in [2.24, 2.45) is 0 Å². The van der Waals surface area contributed by atoms with Crippen LogP contribution in [-0.2, 0) is 24.6 Å². The molecule has 2 aromatic carbocycles. The highest BCUT2D eigenvalue weighted by atomic mass is 32.2. The summed E-state index contributed by atoms with van der Waals surface area (Å²) in [5, 5.41) is 13.6. The Morgan fingerprint density at radius 2 is 1.74 bits per heavy atom. The summed E-state index contributed by atoms with van der Waals surface area (Å²) in [6, 6.07) is 8.36. The second-order valence-corrected chi connectivity index (χ2v) is 10.7. The van der Waals surface area contributed by atoms with Crippen molar-refractivity contribution in [2.75, 3.05) is 37.9 Å². The van der Waals surface area contributed by atoms with Crippen LogP contribution in [-0.4, -0.2) is 64.5 Å². The van der Waals surface area contributed by atoms with E-state index in [-0.39, 0.29) is 47.3 Å². The third-order valence-corrected chi connectivity index (χ3v) is 7.48. The summed E-state index contributed by atoms with van der Waals surface area (Å²) in [5.74, 6) is -0.825. The number of hydrogen-bond donors (Lipinski definition) is 1. The summed E-state index contributed by atoms with van der Waals surface area (Å²) in [7, 11) is -7.60. The number of nitro groups is 1. The number of morpholine rings is 1. The Morgan fingerprint density at radius 3 is 2.35 bits per heavy atom. The number of sulfone groups is 1. The molecular formula is C18H19N3O8S2. The molecule has 3 rings (SSSR count). The fourth-order valence-electron chi connectivity index (χ4n) is 2.91. The van der Waals surface area contributed by atoms with Gasteiger partial charge in [0.2, 0.25) is 10.0 Å². The summed E-state index contributed by atoms with van der Waals surface area (Å²) < 4.78 is 55.6. The molecule has 1 amide bonds. The van der Waals surface area contributed by atoms with Crippen molar-refractivity contribution in [1.82, 2.24) is 4.31 Å². The van der Waals surface area contributed by atoms with E-state index in [0.29, 0.717) is 0 Å². The molecule has 1 aliphatic heterocycles. The Morgan fingerprint density at radius 1 is 1.06 bits per heavy atom. The maximum atomic E-state index is 12.8. The highest BCUT2D eigenvalue weighted by molar-refractivity contribution is 7.90. The second kappa shape index (κ2) is 8.70. The van der Waals surface area contributed by atoms with Crippen LogP contribution in [0.3, 0.4) is 0 Å². The van der Waals surface area contributed by atoms with Gasteiger partial charge in [0.25, 0.3) is 11.6 Å². The zero-order valence-electron chi connectivity index (χ0n) is 16.3. The molecule has 1 aliphatic rings. The topological polar surface area (TPSA) is 153 Å². The van der Waals surface area contributed by atoms with E-state index in [0.717, 1.165) is 24.5 Å². The largest absolute Gasteiger partial charge is 0.379 e. The first kappa shape index (κ1) is 22.8. The van der Waals surface area contributed by atoms with Gasteiger partial charge >= 0.3 is 0 Å². The van der Waals surface area contributed by atoms with E-state index >= 15 is 0 Å². The number of non-ortho nitro benzene ring substituents is 1. The Hall–Kier alpha value is -2.87. The van der Waals surface area contributed by atoms with E-state index in [1.165, 1.54) is 28.6 Å². The molecule has 166 valence electrons. The zero-order valence-corrected chi connectivity index (χ0v) is 18.0. The summed E-state index contributed by atoms with van der Waals surface area (Å²) in [6.07, 6.45) is 0.869. The number of nitro benzene ring substituents is 1. The standard InChI is InChI=1S/C18H19N3O8S2/c1-30(25,26)17-10-13(9-15(12-17)21(23)24)18(22)19-14-3-2-4-16(11-14)31(27,28)20-5-7-29-8-6-20/h2-4,9-12H,5-8H2,1H3,(H,19,22). The van der Waals surface area contributed by atoms with Crippen LogP contribution >= 0.6 is 0 Å². The molecule has 0 spiro atoms. The van der Waals surface area contributed by atoms with Gasteiger partial charge in [-0.25, -0.2) is 16.8 Å². The fraction of sp³-hybridized carbons (Fsp3) is 0.278. The molecule has 13 heteroatoms. The smallest absolute Gasteiger partial charge is 0.271 e. The van der Waals surface area contributed by atoms with Crippen LogP contribution in [0.25, 0.3) is 0 Å². The van der Waals surface area contributed by atoms with E-state index in [1.807, 2.05) is 0 Å². The molecule has 0 atom stereocenters. The molecule has 1 fully saturated rings. The van der Waals surface area contributed by atoms with Crippen LogP contribution in [0.4, 0.5) is 11.4 Å². The number of carbonyl (C=O) groups excluding carboxylic acids is 1. The SMILES string of the molecule is CS(=O)(=O)c1cc(C(=O)Nc2cccc(S(=O)(=O)N3CCOCC3)c2)cc([N+](=O)[O-])c1. The molecule has 0 aromatic heterocycles. The summed E-state index contributed by atoms with van der Waals surface area (Å²) in [4.78, 5) is 22.5. The number of sulfonamides is 1. The lowest BCUT2D eigenvalue weighted by atomic mass is 10.2. The van der Waals surface area contributed by atoms with Crippen LogP contribution in [0.15, 0.2) is 52.3 Å². The van der Waals surface area contributed by atoms with E-state index < -0.39 is 36.4 Å². The van der Waals surface area contributed by atoms with Gasteiger partial charge < -0.3 is 10.1 Å². The van der Waals surface area contributed by atoms with Crippen molar-refractivity contribution in [3.63, 3.8) is 0 Å². The summed E-state index contributed by atoms with van der Waals surface area (Å²) >= 11 is 0. The Kier molecular flexibility index (Phi) is 6.40. The van der Waals surface area contributed by atoms with Crippen LogP contribution < -0.4 is 5.32 Å². The monoisotopic (exact) mass is 469 g/mol. The van der Waals surface area contributed by atoms with E-state index in [2.05, 4.69) is 5.32 Å². The lowest BCUT2D eigenvalue weighted by molar-refractivity contribution is -0.385. The van der Waals surface area contributed by atoms with Gasteiger partial charge in [0.1, 0.15) is 0 Å². The molecule has 1 heterocycles. The molecule has 0 aliphatic carbocycles. The zero-order chi connectivity index (χ0) is 22.8. The highest BCUT2D eigenvalue weighted by Crippen LogP contribution is 2.24. The van der Waals surface area contributed by atoms with Gasteiger partial charge in [0.15, 0.2) is 9.84 Å². The Bertz CT molecular complexity index is 1240. The lowest BCUT2D eigenvalue weighted by Gasteiger charge is -2.26. The number of carbonyl (C=O) groups is 1. The minimum atomic E-state index is -3.81. The molecule has 11 nitrogen and oxygen atoms in total. The molecule has 0 unspecified atom stereocenters. The minimum Gasteiger partial charge on any atom is -0.379 e. The molecule has 1 saturated heterocycles. The quantitative estimate of drug-likeness (QED) is 0.490. The van der Waals surface area contributed by atoms with Crippen molar-refractivity contribution < 1.29 is 31.3 Å². The number of rotatable bonds is 6. The van der Waals surface area contributed by atoms with Crippen LogP contribution in [0, 0.1) is 10.1 Å². The maximum absolute atomic E-state index is 12.8. The van der Waals surface area contributed by atoms with E-state index in [4.69, 9.17) is 4.74 Å². The number of anilines is 1. The first-order valence-electron chi connectivity index (χ1n) is 8.97. The fourth-order valence-corrected chi connectivity index (χ4v) is 5.04. The van der Waals surface area contributed by atoms with Crippen LogP contribution in [0.2, 0.25) is 0 Å². The summed E-state index contributed by atoms with van der Waals surface area (Å²) in [5.41, 5.74) is -0.681. The molecule has 0 bridgehead atoms. The van der Waals surface area contributed by atoms with Gasteiger partial charge in [-0.1, -0.05) is 6.07 Å². The number of nitrogens with zero attached hydrogens (tertiary/aromatic N) is 2. The number of benzene rings is 2. The lowest BCUT2D eigenvalue weighted by Crippen LogP contribution is -2.40. The Balaban J connectivity index is 1.90. The van der Waals surface area contributed by atoms with Crippen molar-refractivity contribution in [3.8, 4) is 0 Å². The van der Waals surface area contributed by atoms with Crippen molar-refractivity contribution >= 4 is 37.1 Å². The minimum absolute atomic E-state index is 0.0388. The maximum Gasteiger partial charge on any atom is 0.271 e. The Labute approximate surface area is 178 Å².